The zero-order chi connectivity index (χ0) is 13.2. The number of imidazole rings is 1. The maximum absolute atomic E-state index is 11.9. The molecule has 96 valence electrons. The monoisotopic (exact) mass is 273 g/mol. The van der Waals surface area contributed by atoms with Crippen LogP contribution < -0.4 is 5.32 Å². The van der Waals surface area contributed by atoms with Crippen molar-refractivity contribution in [2.75, 3.05) is 0 Å². The fourth-order valence-electron chi connectivity index (χ4n) is 1.79. The highest BCUT2D eigenvalue weighted by Gasteiger charge is 2.11. The molecule has 0 aliphatic carbocycles. The van der Waals surface area contributed by atoms with E-state index in [1.165, 1.54) is 18.1 Å². The van der Waals surface area contributed by atoms with Gasteiger partial charge in [0.15, 0.2) is 0 Å². The first-order valence-electron chi connectivity index (χ1n) is 5.73. The summed E-state index contributed by atoms with van der Waals surface area (Å²) in [4.78, 5) is 18.8. The average Bonchev–Trinajstić information content (AvgIpc) is 3.03. The number of rotatable bonds is 3. The van der Waals surface area contributed by atoms with Gasteiger partial charge in [0.25, 0.3) is 5.91 Å². The molecule has 3 aromatic rings. The lowest BCUT2D eigenvalue weighted by molar-refractivity contribution is 0.0946. The first-order valence-corrected chi connectivity index (χ1v) is 6.46. The van der Waals surface area contributed by atoms with Crippen LogP contribution in [0.1, 0.15) is 21.7 Å². The number of amides is 1. The number of carbonyl (C=O) groups is 1. The van der Waals surface area contributed by atoms with E-state index in [2.05, 4.69) is 24.0 Å². The minimum atomic E-state index is -0.185. The maximum atomic E-state index is 11.9. The van der Waals surface area contributed by atoms with E-state index in [9.17, 15) is 4.79 Å². The van der Waals surface area contributed by atoms with Crippen molar-refractivity contribution in [3.05, 3.63) is 41.5 Å². The Kier molecular flexibility index (Phi) is 2.96. The van der Waals surface area contributed by atoms with Gasteiger partial charge < -0.3 is 10.3 Å². The first-order chi connectivity index (χ1) is 9.24. The molecule has 19 heavy (non-hydrogen) atoms. The number of fused-ring (bicyclic) bond motifs is 1. The Labute approximate surface area is 113 Å². The van der Waals surface area contributed by atoms with Gasteiger partial charge >= 0.3 is 0 Å². The molecule has 3 rings (SSSR count). The fourth-order valence-corrected chi connectivity index (χ4v) is 2.31. The molecule has 1 aromatic carbocycles. The van der Waals surface area contributed by atoms with Crippen molar-refractivity contribution in [1.29, 1.82) is 0 Å². The molecule has 0 radical (unpaired) electrons. The molecule has 2 aromatic heterocycles. The summed E-state index contributed by atoms with van der Waals surface area (Å²) in [6.45, 7) is 2.26. The van der Waals surface area contributed by atoms with Gasteiger partial charge in [0.1, 0.15) is 16.7 Å². The molecule has 0 unspecified atom stereocenters. The topological polar surface area (TPSA) is 83.6 Å². The molecule has 7 heteroatoms. The molecule has 0 spiro atoms. The van der Waals surface area contributed by atoms with Gasteiger partial charge in [-0.1, -0.05) is 6.07 Å². The molecule has 1 amide bonds. The molecule has 0 saturated carbocycles. The van der Waals surface area contributed by atoms with Crippen LogP contribution in [0.5, 0.6) is 0 Å². The normalized spacial score (nSPS) is 10.8. The number of hydrogen-bond acceptors (Lipinski definition) is 5. The van der Waals surface area contributed by atoms with Crippen molar-refractivity contribution in [2.45, 2.75) is 13.5 Å². The van der Waals surface area contributed by atoms with Gasteiger partial charge in [-0.05, 0) is 24.6 Å². The molecule has 6 nitrogen and oxygen atoms in total. The van der Waals surface area contributed by atoms with Crippen molar-refractivity contribution < 1.29 is 4.79 Å². The zero-order valence-electron chi connectivity index (χ0n) is 10.2. The van der Waals surface area contributed by atoms with Crippen molar-refractivity contribution in [3.63, 3.8) is 0 Å². The predicted molar refractivity (Wildman–Crippen MR) is 71.9 cm³/mol. The Morgan fingerprint density at radius 1 is 1.37 bits per heavy atom. The number of aromatic nitrogens is 4. The van der Waals surface area contributed by atoms with Crippen molar-refractivity contribution >= 4 is 28.7 Å². The largest absolute Gasteiger partial charge is 0.348 e. The van der Waals surface area contributed by atoms with Gasteiger partial charge in [-0.25, -0.2) is 4.98 Å². The summed E-state index contributed by atoms with van der Waals surface area (Å²) in [6, 6.07) is 5.76. The second kappa shape index (κ2) is 4.77. The number of benzene rings is 1. The smallest absolute Gasteiger partial charge is 0.272 e. The second-order valence-corrected chi connectivity index (χ2v) is 4.67. The van der Waals surface area contributed by atoms with Gasteiger partial charge in [0.2, 0.25) is 0 Å². The maximum Gasteiger partial charge on any atom is 0.272 e. The lowest BCUT2D eigenvalue weighted by Crippen LogP contribution is -2.23. The van der Waals surface area contributed by atoms with E-state index in [-0.39, 0.29) is 5.91 Å². The Morgan fingerprint density at radius 2 is 2.21 bits per heavy atom. The van der Waals surface area contributed by atoms with Crippen LogP contribution in [-0.2, 0) is 6.54 Å². The van der Waals surface area contributed by atoms with Crippen LogP contribution in [0.3, 0.4) is 0 Å². The van der Waals surface area contributed by atoms with Crippen LogP contribution >= 0.6 is 11.7 Å². The third kappa shape index (κ3) is 2.32. The Balaban J connectivity index is 1.72. The number of hydrogen-bond donors (Lipinski definition) is 2. The average molecular weight is 273 g/mol. The van der Waals surface area contributed by atoms with Crippen molar-refractivity contribution in [3.8, 4) is 0 Å². The van der Waals surface area contributed by atoms with Gasteiger partial charge in [0, 0.05) is 12.2 Å². The SMILES string of the molecule is Cc1[nH]cnc1C(=O)NCc1ccc2nsnc2c1. The quantitative estimate of drug-likeness (QED) is 0.760. The zero-order valence-corrected chi connectivity index (χ0v) is 11.0. The van der Waals surface area contributed by atoms with E-state index in [1.807, 2.05) is 25.1 Å². The van der Waals surface area contributed by atoms with Crippen LogP contribution in [0, 0.1) is 6.92 Å². The van der Waals surface area contributed by atoms with E-state index in [0.717, 1.165) is 22.3 Å². The summed E-state index contributed by atoms with van der Waals surface area (Å²) in [5, 5.41) is 2.83. The molecule has 0 aliphatic heterocycles. The van der Waals surface area contributed by atoms with E-state index < -0.39 is 0 Å². The second-order valence-electron chi connectivity index (χ2n) is 4.15. The van der Waals surface area contributed by atoms with Crippen molar-refractivity contribution in [2.24, 2.45) is 0 Å². The Morgan fingerprint density at radius 3 is 3.00 bits per heavy atom. The standard InChI is InChI=1S/C12H11N5OS/c1-7-11(15-6-14-7)12(18)13-5-8-2-3-9-10(4-8)17-19-16-9/h2-4,6H,5H2,1H3,(H,13,18)(H,14,15). The highest BCUT2D eigenvalue weighted by molar-refractivity contribution is 7.00. The molecule has 0 aliphatic rings. The highest BCUT2D eigenvalue weighted by atomic mass is 32.1. The number of nitrogens with one attached hydrogen (secondary N) is 2. The van der Waals surface area contributed by atoms with Crippen LogP contribution in [0.15, 0.2) is 24.5 Å². The van der Waals surface area contributed by atoms with E-state index in [1.54, 1.807) is 0 Å². The lowest BCUT2D eigenvalue weighted by atomic mass is 10.2. The number of carbonyl (C=O) groups excluding carboxylic acids is 1. The third-order valence-electron chi connectivity index (χ3n) is 2.82. The molecule has 0 fully saturated rings. The van der Waals surface area contributed by atoms with E-state index in [0.29, 0.717) is 12.2 Å². The van der Waals surface area contributed by atoms with Gasteiger partial charge in [0.05, 0.1) is 18.1 Å². The summed E-state index contributed by atoms with van der Waals surface area (Å²) in [5.74, 6) is -0.185. The fraction of sp³-hybridized carbons (Fsp3) is 0.167. The Bertz CT molecular complexity index is 732. The van der Waals surface area contributed by atoms with Crippen LogP contribution in [0.4, 0.5) is 0 Å². The summed E-state index contributed by atoms with van der Waals surface area (Å²) in [6.07, 6.45) is 1.51. The molecule has 2 N–H and O–H groups in total. The Hall–Kier alpha value is -2.28. The van der Waals surface area contributed by atoms with Crippen LogP contribution in [0.2, 0.25) is 0 Å². The first kappa shape index (κ1) is 11.8. The van der Waals surface area contributed by atoms with Gasteiger partial charge in [-0.15, -0.1) is 0 Å². The van der Waals surface area contributed by atoms with E-state index in [4.69, 9.17) is 0 Å². The summed E-state index contributed by atoms with van der Waals surface area (Å²) < 4.78 is 8.31. The summed E-state index contributed by atoms with van der Waals surface area (Å²) in [5.41, 5.74) is 3.91. The number of aromatic amines is 1. The molecule has 0 saturated heterocycles. The number of H-pyrrole nitrogens is 1. The highest BCUT2D eigenvalue weighted by Crippen LogP contribution is 2.13. The minimum absolute atomic E-state index is 0.185. The van der Waals surface area contributed by atoms with E-state index >= 15 is 0 Å². The number of aryl methyl sites for hydroxylation is 1. The number of nitrogens with zero attached hydrogens (tertiary/aromatic N) is 3. The lowest BCUT2D eigenvalue weighted by Gasteiger charge is -2.04. The van der Waals surface area contributed by atoms with Crippen LogP contribution in [-0.4, -0.2) is 24.6 Å². The molecule has 0 atom stereocenters. The van der Waals surface area contributed by atoms with Crippen molar-refractivity contribution in [1.82, 2.24) is 24.0 Å². The summed E-state index contributed by atoms with van der Waals surface area (Å²) >= 11 is 1.18. The summed E-state index contributed by atoms with van der Waals surface area (Å²) in [7, 11) is 0. The third-order valence-corrected chi connectivity index (χ3v) is 3.37. The molecule has 2 heterocycles. The predicted octanol–water partition coefficient (Wildman–Crippen LogP) is 1.65. The molecule has 0 bridgehead atoms. The molecular formula is C12H11N5OS. The van der Waals surface area contributed by atoms with Gasteiger partial charge in [-0.3, -0.25) is 4.79 Å². The van der Waals surface area contributed by atoms with Crippen LogP contribution in [0.25, 0.3) is 11.0 Å². The minimum Gasteiger partial charge on any atom is -0.348 e. The van der Waals surface area contributed by atoms with Gasteiger partial charge in [-0.2, -0.15) is 8.75 Å². The molecular weight excluding hydrogens is 262 g/mol.